The van der Waals surface area contributed by atoms with Crippen LogP contribution in [0.2, 0.25) is 0 Å². The summed E-state index contributed by atoms with van der Waals surface area (Å²) < 4.78 is 10.5. The number of morpholine rings is 1. The lowest BCUT2D eigenvalue weighted by Crippen LogP contribution is -2.40. The predicted molar refractivity (Wildman–Crippen MR) is 98.7 cm³/mol. The van der Waals surface area contributed by atoms with E-state index in [1.807, 2.05) is 18.7 Å². The maximum absolute atomic E-state index is 13.2. The van der Waals surface area contributed by atoms with E-state index in [9.17, 15) is 14.9 Å². The molecule has 144 valence electrons. The molecule has 0 aliphatic carbocycles. The number of hydrogen-bond donors (Lipinski definition) is 0. The standard InChI is InChI=1S/C18H27N3O5/c1-14(2)13-20(6-9-25-3)18(22)16-12-15(21(23)24)4-5-17(16)19-7-10-26-11-8-19/h4-5,12,14H,6-11,13H2,1-3H3. The Hall–Kier alpha value is -2.19. The molecule has 26 heavy (non-hydrogen) atoms. The van der Waals surface area contributed by atoms with E-state index < -0.39 is 4.92 Å². The van der Waals surface area contributed by atoms with Crippen LogP contribution in [0.1, 0.15) is 24.2 Å². The van der Waals surface area contributed by atoms with Crippen LogP contribution in [0.15, 0.2) is 18.2 Å². The minimum atomic E-state index is -0.470. The number of carbonyl (C=O) groups excluding carboxylic acids is 1. The summed E-state index contributed by atoms with van der Waals surface area (Å²) in [6.07, 6.45) is 0. The van der Waals surface area contributed by atoms with E-state index >= 15 is 0 Å². The predicted octanol–water partition coefficient (Wildman–Crippen LogP) is 2.18. The summed E-state index contributed by atoms with van der Waals surface area (Å²) >= 11 is 0. The second-order valence-electron chi connectivity index (χ2n) is 6.70. The van der Waals surface area contributed by atoms with Crippen LogP contribution >= 0.6 is 0 Å². The third kappa shape index (κ3) is 5.15. The molecule has 0 spiro atoms. The normalized spacial score (nSPS) is 14.5. The molecule has 0 aromatic heterocycles. The Morgan fingerprint density at radius 2 is 2.08 bits per heavy atom. The van der Waals surface area contributed by atoms with Crippen molar-refractivity contribution < 1.29 is 19.2 Å². The van der Waals surface area contributed by atoms with Gasteiger partial charge in [-0.25, -0.2) is 0 Å². The minimum Gasteiger partial charge on any atom is -0.383 e. The Bertz CT molecular complexity index is 629. The Morgan fingerprint density at radius 3 is 2.65 bits per heavy atom. The summed E-state index contributed by atoms with van der Waals surface area (Å²) in [7, 11) is 1.59. The number of nitrogens with zero attached hydrogens (tertiary/aromatic N) is 3. The van der Waals surface area contributed by atoms with Gasteiger partial charge in [-0.2, -0.15) is 0 Å². The third-order valence-electron chi connectivity index (χ3n) is 4.21. The maximum atomic E-state index is 13.2. The first-order chi connectivity index (χ1) is 12.4. The van der Waals surface area contributed by atoms with E-state index in [4.69, 9.17) is 9.47 Å². The summed E-state index contributed by atoms with van der Waals surface area (Å²) in [5.74, 6) is 0.0716. The van der Waals surface area contributed by atoms with Crippen LogP contribution in [-0.2, 0) is 9.47 Å². The van der Waals surface area contributed by atoms with Crippen molar-refractivity contribution in [2.45, 2.75) is 13.8 Å². The van der Waals surface area contributed by atoms with Crippen LogP contribution in [0.3, 0.4) is 0 Å². The topological polar surface area (TPSA) is 85.1 Å². The van der Waals surface area contributed by atoms with Gasteiger partial charge in [0.15, 0.2) is 0 Å². The maximum Gasteiger partial charge on any atom is 0.270 e. The molecule has 0 saturated carbocycles. The van der Waals surface area contributed by atoms with Crippen LogP contribution in [-0.4, -0.2) is 68.8 Å². The molecule has 0 unspecified atom stereocenters. The molecule has 1 heterocycles. The molecular weight excluding hydrogens is 338 g/mol. The van der Waals surface area contributed by atoms with Gasteiger partial charge in [0.1, 0.15) is 0 Å². The number of methoxy groups -OCH3 is 1. The minimum absolute atomic E-state index is 0.0819. The molecule has 1 aromatic carbocycles. The van der Waals surface area contributed by atoms with Gasteiger partial charge in [0.05, 0.1) is 36.0 Å². The highest BCUT2D eigenvalue weighted by Crippen LogP contribution is 2.28. The molecule has 8 nitrogen and oxygen atoms in total. The van der Waals surface area contributed by atoms with Crippen molar-refractivity contribution in [1.82, 2.24) is 4.90 Å². The lowest BCUT2D eigenvalue weighted by Gasteiger charge is -2.32. The molecule has 1 aliphatic heterocycles. The van der Waals surface area contributed by atoms with Gasteiger partial charge in [0, 0.05) is 45.4 Å². The Kier molecular flexibility index (Phi) is 7.35. The van der Waals surface area contributed by atoms with Gasteiger partial charge in [-0.3, -0.25) is 14.9 Å². The second-order valence-corrected chi connectivity index (χ2v) is 6.70. The summed E-state index contributed by atoms with van der Waals surface area (Å²) in [4.78, 5) is 27.7. The average molecular weight is 365 g/mol. The SMILES string of the molecule is COCCN(CC(C)C)C(=O)c1cc([N+](=O)[O-])ccc1N1CCOCC1. The summed E-state index contributed by atoms with van der Waals surface area (Å²) in [5.41, 5.74) is 0.995. The number of hydrogen-bond acceptors (Lipinski definition) is 6. The van der Waals surface area contributed by atoms with Crippen molar-refractivity contribution in [2.75, 3.05) is 58.0 Å². The van der Waals surface area contributed by atoms with Crippen molar-refractivity contribution in [3.8, 4) is 0 Å². The molecular formula is C18H27N3O5. The molecule has 1 saturated heterocycles. The molecule has 1 aliphatic rings. The van der Waals surface area contributed by atoms with Gasteiger partial charge in [-0.1, -0.05) is 13.8 Å². The van der Waals surface area contributed by atoms with E-state index in [2.05, 4.69) is 0 Å². The van der Waals surface area contributed by atoms with Crippen molar-refractivity contribution in [3.05, 3.63) is 33.9 Å². The Labute approximate surface area is 153 Å². The largest absolute Gasteiger partial charge is 0.383 e. The van der Waals surface area contributed by atoms with Crippen LogP contribution in [0.4, 0.5) is 11.4 Å². The average Bonchev–Trinajstić information content (AvgIpc) is 2.64. The first-order valence-corrected chi connectivity index (χ1v) is 8.83. The Morgan fingerprint density at radius 1 is 1.38 bits per heavy atom. The van der Waals surface area contributed by atoms with Gasteiger partial charge in [-0.05, 0) is 12.0 Å². The second kappa shape index (κ2) is 9.49. The number of nitro groups is 1. The first-order valence-electron chi connectivity index (χ1n) is 8.83. The molecule has 8 heteroatoms. The molecule has 0 bridgehead atoms. The number of amides is 1. The fourth-order valence-electron chi connectivity index (χ4n) is 2.98. The van der Waals surface area contributed by atoms with Gasteiger partial charge in [0.25, 0.3) is 11.6 Å². The van der Waals surface area contributed by atoms with Crippen LogP contribution in [0.25, 0.3) is 0 Å². The summed E-state index contributed by atoms with van der Waals surface area (Å²) in [6, 6.07) is 4.50. The number of benzene rings is 1. The molecule has 2 rings (SSSR count). The van der Waals surface area contributed by atoms with Crippen molar-refractivity contribution in [3.63, 3.8) is 0 Å². The Balaban J connectivity index is 2.39. The third-order valence-corrected chi connectivity index (χ3v) is 4.21. The highest BCUT2D eigenvalue weighted by atomic mass is 16.6. The van der Waals surface area contributed by atoms with Crippen LogP contribution in [0, 0.1) is 16.0 Å². The molecule has 1 aromatic rings. The van der Waals surface area contributed by atoms with E-state index in [1.54, 1.807) is 18.1 Å². The van der Waals surface area contributed by atoms with Gasteiger partial charge < -0.3 is 19.3 Å². The fraction of sp³-hybridized carbons (Fsp3) is 0.611. The smallest absolute Gasteiger partial charge is 0.270 e. The lowest BCUT2D eigenvalue weighted by molar-refractivity contribution is -0.384. The summed E-state index contributed by atoms with van der Waals surface area (Å²) in [6.45, 7) is 7.94. The zero-order valence-electron chi connectivity index (χ0n) is 15.6. The van der Waals surface area contributed by atoms with Crippen LogP contribution in [0.5, 0.6) is 0 Å². The zero-order chi connectivity index (χ0) is 19.1. The highest BCUT2D eigenvalue weighted by molar-refractivity contribution is 6.00. The van der Waals surface area contributed by atoms with Crippen molar-refractivity contribution in [2.24, 2.45) is 5.92 Å². The highest BCUT2D eigenvalue weighted by Gasteiger charge is 2.25. The summed E-state index contributed by atoms with van der Waals surface area (Å²) in [5, 5.41) is 11.2. The van der Waals surface area contributed by atoms with Gasteiger partial charge in [-0.15, -0.1) is 0 Å². The molecule has 1 amide bonds. The lowest BCUT2D eigenvalue weighted by atomic mass is 10.1. The number of anilines is 1. The molecule has 1 fully saturated rings. The first kappa shape index (κ1) is 20.1. The number of non-ortho nitro benzene ring substituents is 1. The number of carbonyl (C=O) groups is 1. The van der Waals surface area contributed by atoms with Crippen molar-refractivity contribution >= 4 is 17.3 Å². The van der Waals surface area contributed by atoms with Gasteiger partial charge in [0.2, 0.25) is 0 Å². The zero-order valence-corrected chi connectivity index (χ0v) is 15.6. The number of rotatable bonds is 8. The van der Waals surface area contributed by atoms with Crippen molar-refractivity contribution in [1.29, 1.82) is 0 Å². The van der Waals surface area contributed by atoms with Gasteiger partial charge >= 0.3 is 0 Å². The molecule has 0 atom stereocenters. The van der Waals surface area contributed by atoms with E-state index in [-0.39, 0.29) is 17.5 Å². The number of nitro benzene ring substituents is 1. The quantitative estimate of drug-likeness (QED) is 0.518. The van der Waals surface area contributed by atoms with E-state index in [0.717, 1.165) is 5.69 Å². The van der Waals surface area contributed by atoms with Crippen LogP contribution < -0.4 is 4.90 Å². The molecule has 0 N–H and O–H groups in total. The van der Waals surface area contributed by atoms with E-state index in [1.165, 1.54) is 12.1 Å². The fourth-order valence-corrected chi connectivity index (χ4v) is 2.98. The molecule has 0 radical (unpaired) electrons. The van der Waals surface area contributed by atoms with E-state index in [0.29, 0.717) is 51.6 Å². The monoisotopic (exact) mass is 365 g/mol. The number of ether oxygens (including phenoxy) is 2.